The van der Waals surface area contributed by atoms with Crippen LogP contribution in [0.4, 0.5) is 0 Å². The average Bonchev–Trinajstić information content (AvgIpc) is 3.19. The Balaban J connectivity index is 1.44. The lowest BCUT2D eigenvalue weighted by molar-refractivity contribution is -0.181. The summed E-state index contributed by atoms with van der Waals surface area (Å²) in [4.78, 5) is 5.24. The maximum absolute atomic E-state index is 13.0. The lowest BCUT2D eigenvalue weighted by Gasteiger charge is -2.64. The van der Waals surface area contributed by atoms with Gasteiger partial charge in [-0.05, 0) is 114 Å². The Morgan fingerprint density at radius 1 is 1.13 bits per heavy atom. The molecule has 2 N–H and O–H groups in total. The van der Waals surface area contributed by atoms with Crippen LogP contribution < -0.4 is 4.83 Å². The zero-order chi connectivity index (χ0) is 27.5. The molecule has 4 saturated carbocycles. The molecule has 1 aromatic rings. The summed E-state index contributed by atoms with van der Waals surface area (Å²) >= 11 is 0. The molecule has 5 rings (SSSR count). The number of fused-ring (bicyclic) bond motifs is 5. The molecule has 0 heterocycles. The molecule has 4 aliphatic rings. The molecule has 0 amide bonds. The second-order valence-corrected chi connectivity index (χ2v) is 14.9. The molecule has 9 atom stereocenters. The monoisotopic (exact) mass is 545 g/mol. The Morgan fingerprint density at radius 3 is 2.50 bits per heavy atom. The van der Waals surface area contributed by atoms with Crippen molar-refractivity contribution in [2.45, 2.75) is 95.8 Å². The zero-order valence-electron chi connectivity index (χ0n) is 24.0. The Hall–Kier alpha value is -1.48. The highest BCUT2D eigenvalue weighted by molar-refractivity contribution is 7.89. The molecule has 0 spiro atoms. The van der Waals surface area contributed by atoms with E-state index in [1.165, 1.54) is 6.42 Å². The smallest absolute Gasteiger partial charge is 0.276 e. The molecule has 0 radical (unpaired) electrons. The third-order valence-corrected chi connectivity index (χ3v) is 12.2. The predicted octanol–water partition coefficient (Wildman–Crippen LogP) is 4.59. The van der Waals surface area contributed by atoms with Gasteiger partial charge in [-0.1, -0.05) is 31.5 Å². The van der Waals surface area contributed by atoms with Gasteiger partial charge in [-0.3, -0.25) is 0 Å². The van der Waals surface area contributed by atoms with Crippen LogP contribution in [-0.4, -0.2) is 63.1 Å². The molecular weight excluding hydrogens is 498 g/mol. The summed E-state index contributed by atoms with van der Waals surface area (Å²) in [5.74, 6) is 2.08. The second kappa shape index (κ2) is 10.2. The van der Waals surface area contributed by atoms with Gasteiger partial charge in [0.1, 0.15) is 0 Å². The van der Waals surface area contributed by atoms with Crippen molar-refractivity contribution in [3.05, 3.63) is 29.8 Å². The Kier molecular flexibility index (Phi) is 7.51. The summed E-state index contributed by atoms with van der Waals surface area (Å²) in [6, 6.07) is 7.27. The largest absolute Gasteiger partial charge is 0.390 e. The van der Waals surface area contributed by atoms with E-state index in [1.807, 2.05) is 26.0 Å². The van der Waals surface area contributed by atoms with Gasteiger partial charge in [-0.25, -0.2) is 4.83 Å². The molecule has 0 bridgehead atoms. The van der Waals surface area contributed by atoms with Crippen LogP contribution in [0.25, 0.3) is 0 Å². The highest BCUT2D eigenvalue weighted by atomic mass is 32.2. The first-order chi connectivity index (χ1) is 17.9. The minimum Gasteiger partial charge on any atom is -0.390 e. The van der Waals surface area contributed by atoms with Crippen LogP contribution in [0.1, 0.15) is 71.3 Å². The van der Waals surface area contributed by atoms with Crippen molar-refractivity contribution in [1.29, 1.82) is 0 Å². The van der Waals surface area contributed by atoms with Crippen LogP contribution in [0.3, 0.4) is 0 Å². The topological polar surface area (TPSA) is 91.2 Å². The number of aliphatic hydroxyl groups excluding tert-OH is 1. The number of hydrogen-bond acceptors (Lipinski definition) is 6. The molecule has 0 saturated heterocycles. The van der Waals surface area contributed by atoms with E-state index in [9.17, 15) is 13.5 Å². The fraction of sp³-hybridized carbons (Fsp3) is 0.767. The van der Waals surface area contributed by atoms with E-state index in [1.54, 1.807) is 12.1 Å². The third kappa shape index (κ3) is 4.63. The van der Waals surface area contributed by atoms with E-state index >= 15 is 0 Å². The van der Waals surface area contributed by atoms with Crippen LogP contribution in [0.2, 0.25) is 0 Å². The average molecular weight is 546 g/mol. The van der Waals surface area contributed by atoms with E-state index in [2.05, 4.69) is 42.8 Å². The molecular formula is C30H47N3O4S. The van der Waals surface area contributed by atoms with Gasteiger partial charge in [0.2, 0.25) is 0 Å². The number of aryl methyl sites for hydroxylation is 1. The van der Waals surface area contributed by atoms with Crippen LogP contribution >= 0.6 is 0 Å². The lowest BCUT2D eigenvalue weighted by Crippen LogP contribution is -2.63. The van der Waals surface area contributed by atoms with Crippen molar-refractivity contribution < 1.29 is 18.3 Å². The molecule has 212 valence electrons. The number of aliphatic hydroxyl groups is 1. The molecule has 38 heavy (non-hydrogen) atoms. The molecule has 1 aromatic carbocycles. The van der Waals surface area contributed by atoms with Crippen molar-refractivity contribution in [2.24, 2.45) is 39.6 Å². The number of nitrogens with one attached hydrogen (secondary N) is 1. The summed E-state index contributed by atoms with van der Waals surface area (Å²) in [6.07, 6.45) is 6.47. The van der Waals surface area contributed by atoms with Crippen LogP contribution in [0.15, 0.2) is 34.3 Å². The SMILES string of the molecule is CCO[C@H]1C[C@@]2(C)[C@@H](CC[C@@H]3[C@@H]2[C@H](N(C)C)C[C@]2(C)C(=NNS(=O)(=O)c4ccc(C)cc4)CC[C@@H]32)C[C@@H]1O. The summed E-state index contributed by atoms with van der Waals surface area (Å²) in [5.41, 5.74) is 2.01. The molecule has 4 fully saturated rings. The summed E-state index contributed by atoms with van der Waals surface area (Å²) in [6.45, 7) is 9.41. The molecule has 8 heteroatoms. The van der Waals surface area contributed by atoms with Crippen molar-refractivity contribution in [3.63, 3.8) is 0 Å². The number of hydrazone groups is 1. The van der Waals surface area contributed by atoms with Gasteiger partial charge < -0.3 is 14.7 Å². The van der Waals surface area contributed by atoms with Crippen molar-refractivity contribution in [2.75, 3.05) is 20.7 Å². The van der Waals surface area contributed by atoms with Crippen molar-refractivity contribution in [1.82, 2.24) is 9.73 Å². The second-order valence-electron chi connectivity index (χ2n) is 13.2. The first kappa shape index (κ1) is 28.1. The van der Waals surface area contributed by atoms with Gasteiger partial charge in [0.15, 0.2) is 0 Å². The summed E-state index contributed by atoms with van der Waals surface area (Å²) in [7, 11) is 0.682. The number of rotatable bonds is 6. The number of sulfonamides is 1. The van der Waals surface area contributed by atoms with Gasteiger partial charge in [0, 0.05) is 23.8 Å². The zero-order valence-corrected chi connectivity index (χ0v) is 24.8. The fourth-order valence-electron chi connectivity index (χ4n) is 9.13. The van der Waals surface area contributed by atoms with Crippen molar-refractivity contribution >= 4 is 15.7 Å². The summed E-state index contributed by atoms with van der Waals surface area (Å²) in [5, 5.41) is 15.5. The van der Waals surface area contributed by atoms with Gasteiger partial charge in [0.25, 0.3) is 10.0 Å². The quantitative estimate of drug-likeness (QED) is 0.511. The minimum absolute atomic E-state index is 0.0898. The highest BCUT2D eigenvalue weighted by Gasteiger charge is 2.64. The number of nitrogens with zero attached hydrogens (tertiary/aromatic N) is 2. The maximum Gasteiger partial charge on any atom is 0.276 e. The van der Waals surface area contributed by atoms with Gasteiger partial charge in [0.05, 0.1) is 17.1 Å². The summed E-state index contributed by atoms with van der Waals surface area (Å²) < 4.78 is 32.1. The van der Waals surface area contributed by atoms with Crippen molar-refractivity contribution in [3.8, 4) is 0 Å². The molecule has 4 aliphatic carbocycles. The number of benzene rings is 1. The third-order valence-electron chi connectivity index (χ3n) is 11.0. The van der Waals surface area contributed by atoms with E-state index in [-0.39, 0.29) is 27.9 Å². The first-order valence-electron chi connectivity index (χ1n) is 14.5. The molecule has 0 aromatic heterocycles. The van der Waals surface area contributed by atoms with E-state index < -0.39 is 10.0 Å². The number of ether oxygens (including phenoxy) is 1. The Labute approximate surface area is 229 Å². The van der Waals surface area contributed by atoms with Crippen LogP contribution in [0, 0.1) is 41.4 Å². The van der Waals surface area contributed by atoms with Crippen LogP contribution in [-0.2, 0) is 14.8 Å². The number of hydrogen-bond donors (Lipinski definition) is 2. The van der Waals surface area contributed by atoms with E-state index in [0.717, 1.165) is 49.8 Å². The molecule has 0 unspecified atom stereocenters. The Bertz CT molecular complexity index is 1150. The lowest BCUT2D eigenvalue weighted by atomic mass is 9.43. The highest BCUT2D eigenvalue weighted by Crippen LogP contribution is 2.66. The molecule has 7 nitrogen and oxygen atoms in total. The van der Waals surface area contributed by atoms with Crippen LogP contribution in [0.5, 0.6) is 0 Å². The standard InChI is InChI=1S/C30H47N3O4S/c1-7-37-26-18-29(3)20(16-25(26)34)10-13-22-23-14-15-27(30(23,4)17-24(28(22)29)33(5)6)31-32-38(35,36)21-11-8-19(2)9-12-21/h8-9,11-12,20,22-26,28,32,34H,7,10,13-18H2,1-6H3/t20-,22-,23-,24+,25-,26-,28+,29-,30-/m0/s1. The van der Waals surface area contributed by atoms with Gasteiger partial charge in [-0.2, -0.15) is 13.5 Å². The Morgan fingerprint density at radius 2 is 1.84 bits per heavy atom. The van der Waals surface area contributed by atoms with Gasteiger partial charge >= 0.3 is 0 Å². The maximum atomic E-state index is 13.0. The normalized spacial score (nSPS) is 42.0. The van der Waals surface area contributed by atoms with Gasteiger partial charge in [-0.15, -0.1) is 0 Å². The predicted molar refractivity (Wildman–Crippen MR) is 150 cm³/mol. The fourth-order valence-corrected chi connectivity index (χ4v) is 9.96. The van der Waals surface area contributed by atoms with E-state index in [4.69, 9.17) is 4.74 Å². The molecule has 0 aliphatic heterocycles. The first-order valence-corrected chi connectivity index (χ1v) is 16.0. The van der Waals surface area contributed by atoms with E-state index in [0.29, 0.717) is 36.3 Å². The minimum atomic E-state index is -3.71.